The molecule has 0 saturated heterocycles. The molecular formula is C15H23ClIN3O. The maximum absolute atomic E-state index is 5.90. The van der Waals surface area contributed by atoms with Crippen LogP contribution in [0.3, 0.4) is 0 Å². The molecule has 1 aromatic rings. The minimum atomic E-state index is 0. The number of ether oxygens (including phenoxy) is 1. The van der Waals surface area contributed by atoms with Crippen LogP contribution in [0, 0.1) is 0 Å². The van der Waals surface area contributed by atoms with E-state index in [4.69, 9.17) is 16.3 Å². The van der Waals surface area contributed by atoms with Gasteiger partial charge < -0.3 is 15.4 Å². The highest BCUT2D eigenvalue weighted by Gasteiger charge is 2.15. The van der Waals surface area contributed by atoms with E-state index in [-0.39, 0.29) is 24.0 Å². The third-order valence-corrected chi connectivity index (χ3v) is 3.61. The van der Waals surface area contributed by atoms with Gasteiger partial charge in [0.1, 0.15) is 12.4 Å². The Morgan fingerprint density at radius 2 is 2.14 bits per heavy atom. The van der Waals surface area contributed by atoms with E-state index in [9.17, 15) is 0 Å². The molecule has 0 bridgehead atoms. The van der Waals surface area contributed by atoms with Crippen LogP contribution < -0.4 is 15.4 Å². The first kappa shape index (κ1) is 18.4. The Kier molecular flexibility index (Phi) is 8.84. The highest BCUT2D eigenvalue weighted by molar-refractivity contribution is 14.0. The molecule has 21 heavy (non-hydrogen) atoms. The summed E-state index contributed by atoms with van der Waals surface area (Å²) in [6, 6.07) is 7.99. The van der Waals surface area contributed by atoms with Crippen molar-refractivity contribution in [2.45, 2.75) is 31.7 Å². The van der Waals surface area contributed by atoms with Crippen molar-refractivity contribution >= 4 is 41.5 Å². The molecule has 118 valence electrons. The predicted octanol–water partition coefficient (Wildman–Crippen LogP) is 3.44. The summed E-state index contributed by atoms with van der Waals surface area (Å²) in [6.45, 7) is 1.28. The smallest absolute Gasteiger partial charge is 0.191 e. The highest BCUT2D eigenvalue weighted by atomic mass is 127. The van der Waals surface area contributed by atoms with E-state index in [0.717, 1.165) is 11.7 Å². The third-order valence-electron chi connectivity index (χ3n) is 3.38. The van der Waals surface area contributed by atoms with E-state index in [2.05, 4.69) is 15.6 Å². The van der Waals surface area contributed by atoms with Crippen LogP contribution in [0.5, 0.6) is 5.75 Å². The number of guanidine groups is 1. The van der Waals surface area contributed by atoms with Crippen LogP contribution in [0.2, 0.25) is 5.02 Å². The van der Waals surface area contributed by atoms with Crippen molar-refractivity contribution in [3.8, 4) is 5.75 Å². The molecule has 0 aliphatic heterocycles. The first-order valence-corrected chi connectivity index (χ1v) is 7.51. The monoisotopic (exact) mass is 423 g/mol. The molecule has 1 aliphatic rings. The molecule has 1 aromatic carbocycles. The molecule has 0 spiro atoms. The first-order valence-electron chi connectivity index (χ1n) is 7.13. The van der Waals surface area contributed by atoms with E-state index < -0.39 is 0 Å². The van der Waals surface area contributed by atoms with Gasteiger partial charge in [-0.2, -0.15) is 0 Å². The summed E-state index contributed by atoms with van der Waals surface area (Å²) in [5.74, 6) is 1.64. The quantitative estimate of drug-likeness (QED) is 0.330. The largest absolute Gasteiger partial charge is 0.492 e. The number of halogens is 2. The normalized spacial score (nSPS) is 15.4. The number of nitrogens with zero attached hydrogens (tertiary/aromatic N) is 1. The highest BCUT2D eigenvalue weighted by Crippen LogP contribution is 2.17. The van der Waals surface area contributed by atoms with Gasteiger partial charge in [-0.1, -0.05) is 30.5 Å². The summed E-state index contributed by atoms with van der Waals surface area (Å²) in [4.78, 5) is 4.23. The Balaban J connectivity index is 0.00000220. The Hall–Kier alpha value is -0.690. The molecule has 1 saturated carbocycles. The summed E-state index contributed by atoms with van der Waals surface area (Å²) < 4.78 is 5.62. The molecule has 0 amide bonds. The van der Waals surface area contributed by atoms with Gasteiger partial charge in [-0.15, -0.1) is 24.0 Å². The van der Waals surface area contributed by atoms with Crippen molar-refractivity contribution in [2.75, 3.05) is 20.2 Å². The van der Waals surface area contributed by atoms with Crippen LogP contribution in [0.25, 0.3) is 0 Å². The average molecular weight is 424 g/mol. The Labute approximate surface area is 148 Å². The van der Waals surface area contributed by atoms with Crippen molar-refractivity contribution in [3.63, 3.8) is 0 Å². The van der Waals surface area contributed by atoms with Crippen LogP contribution in [0.15, 0.2) is 29.3 Å². The number of rotatable bonds is 5. The minimum Gasteiger partial charge on any atom is -0.492 e. The van der Waals surface area contributed by atoms with E-state index in [1.165, 1.54) is 25.7 Å². The van der Waals surface area contributed by atoms with E-state index in [0.29, 0.717) is 24.2 Å². The Morgan fingerprint density at radius 3 is 2.81 bits per heavy atom. The van der Waals surface area contributed by atoms with Gasteiger partial charge in [0, 0.05) is 18.1 Å². The lowest BCUT2D eigenvalue weighted by Gasteiger charge is -2.17. The number of aliphatic imine (C=N–C) groups is 1. The lowest BCUT2D eigenvalue weighted by Crippen LogP contribution is -2.43. The van der Waals surface area contributed by atoms with Gasteiger partial charge >= 0.3 is 0 Å². The molecule has 0 heterocycles. The van der Waals surface area contributed by atoms with Gasteiger partial charge in [-0.25, -0.2) is 0 Å². The molecule has 4 nitrogen and oxygen atoms in total. The maximum Gasteiger partial charge on any atom is 0.191 e. The van der Waals surface area contributed by atoms with Crippen molar-refractivity contribution in [3.05, 3.63) is 29.3 Å². The minimum absolute atomic E-state index is 0. The molecular weight excluding hydrogens is 401 g/mol. The summed E-state index contributed by atoms with van der Waals surface area (Å²) in [5, 5.41) is 7.39. The molecule has 2 rings (SSSR count). The fourth-order valence-electron chi connectivity index (χ4n) is 2.35. The van der Waals surface area contributed by atoms with Crippen LogP contribution in [0.1, 0.15) is 25.7 Å². The number of benzene rings is 1. The molecule has 0 atom stereocenters. The zero-order chi connectivity index (χ0) is 14.2. The topological polar surface area (TPSA) is 45.7 Å². The molecule has 1 fully saturated rings. The standard InChI is InChI=1S/C15H22ClN3O.HI/c1-17-15(19-13-6-2-3-7-13)18-9-10-20-14-8-4-5-12(16)11-14;/h4-5,8,11,13H,2-3,6-7,9-10H2,1H3,(H2,17,18,19);1H. The third kappa shape index (κ3) is 6.74. The second-order valence-electron chi connectivity index (χ2n) is 4.93. The number of hydrogen-bond donors (Lipinski definition) is 2. The summed E-state index contributed by atoms with van der Waals surface area (Å²) in [6.07, 6.45) is 5.10. The van der Waals surface area contributed by atoms with Crippen molar-refractivity contribution < 1.29 is 4.74 Å². The van der Waals surface area contributed by atoms with Gasteiger partial charge in [-0.3, -0.25) is 4.99 Å². The zero-order valence-electron chi connectivity index (χ0n) is 12.3. The molecule has 6 heteroatoms. The molecule has 0 unspecified atom stereocenters. The van der Waals surface area contributed by atoms with Gasteiger partial charge in [0.25, 0.3) is 0 Å². The fraction of sp³-hybridized carbons (Fsp3) is 0.533. The van der Waals surface area contributed by atoms with Crippen LogP contribution in [-0.4, -0.2) is 32.2 Å². The summed E-state index contributed by atoms with van der Waals surface area (Å²) in [5.41, 5.74) is 0. The van der Waals surface area contributed by atoms with Crippen molar-refractivity contribution in [1.29, 1.82) is 0 Å². The van der Waals surface area contributed by atoms with Crippen molar-refractivity contribution in [1.82, 2.24) is 10.6 Å². The summed E-state index contributed by atoms with van der Waals surface area (Å²) in [7, 11) is 1.79. The van der Waals surface area contributed by atoms with E-state index in [1.807, 2.05) is 24.3 Å². The molecule has 2 N–H and O–H groups in total. The summed E-state index contributed by atoms with van der Waals surface area (Å²) >= 11 is 5.90. The fourth-order valence-corrected chi connectivity index (χ4v) is 2.53. The second kappa shape index (κ2) is 10.1. The second-order valence-corrected chi connectivity index (χ2v) is 5.37. The Morgan fingerprint density at radius 1 is 1.38 bits per heavy atom. The lowest BCUT2D eigenvalue weighted by molar-refractivity contribution is 0.321. The van der Waals surface area contributed by atoms with E-state index in [1.54, 1.807) is 7.05 Å². The van der Waals surface area contributed by atoms with E-state index >= 15 is 0 Å². The Bertz CT molecular complexity index is 450. The molecule has 0 radical (unpaired) electrons. The average Bonchev–Trinajstić information content (AvgIpc) is 2.95. The lowest BCUT2D eigenvalue weighted by atomic mass is 10.2. The predicted molar refractivity (Wildman–Crippen MR) is 99.1 cm³/mol. The zero-order valence-corrected chi connectivity index (χ0v) is 15.4. The van der Waals surface area contributed by atoms with Gasteiger partial charge in [0.15, 0.2) is 5.96 Å². The maximum atomic E-state index is 5.90. The SMILES string of the molecule is CN=C(NCCOc1cccc(Cl)c1)NC1CCCC1.I. The van der Waals surface area contributed by atoms with Crippen LogP contribution >= 0.6 is 35.6 Å². The van der Waals surface area contributed by atoms with Gasteiger partial charge in [-0.05, 0) is 31.0 Å². The number of hydrogen-bond acceptors (Lipinski definition) is 2. The van der Waals surface area contributed by atoms with Gasteiger partial charge in [0.05, 0.1) is 6.54 Å². The molecule has 0 aromatic heterocycles. The molecule has 1 aliphatic carbocycles. The van der Waals surface area contributed by atoms with Crippen molar-refractivity contribution in [2.24, 2.45) is 4.99 Å². The van der Waals surface area contributed by atoms with Crippen LogP contribution in [0.4, 0.5) is 0 Å². The first-order chi connectivity index (χ1) is 9.78. The number of nitrogens with one attached hydrogen (secondary N) is 2. The van der Waals surface area contributed by atoms with Crippen LogP contribution in [-0.2, 0) is 0 Å². The van der Waals surface area contributed by atoms with Gasteiger partial charge in [0.2, 0.25) is 0 Å².